The zero-order chi connectivity index (χ0) is 11.5. The third-order valence-corrected chi connectivity index (χ3v) is 2.97. The highest BCUT2D eigenvalue weighted by Crippen LogP contribution is 2.20. The highest BCUT2D eigenvalue weighted by atomic mass is 15.3. The second-order valence-corrected chi connectivity index (χ2v) is 4.86. The van der Waals surface area contributed by atoms with Crippen molar-refractivity contribution in [3.8, 4) is 0 Å². The lowest BCUT2D eigenvalue weighted by Crippen LogP contribution is -2.26. The monoisotopic (exact) mass is 220 g/mol. The van der Waals surface area contributed by atoms with Crippen molar-refractivity contribution in [1.82, 2.24) is 14.9 Å². The maximum Gasteiger partial charge on any atom is 0.225 e. The fourth-order valence-electron chi connectivity index (χ4n) is 2.27. The van der Waals surface area contributed by atoms with Crippen molar-refractivity contribution < 1.29 is 0 Å². The Morgan fingerprint density at radius 1 is 1.50 bits per heavy atom. The quantitative estimate of drug-likeness (QED) is 0.765. The fraction of sp³-hybridized carbons (Fsp3) is 0.667. The van der Waals surface area contributed by atoms with Gasteiger partial charge in [0.05, 0.1) is 0 Å². The Kier molecular flexibility index (Phi) is 3.39. The average Bonchev–Trinajstić information content (AvgIpc) is 2.65. The minimum absolute atomic E-state index is 0.749. The van der Waals surface area contributed by atoms with Crippen LogP contribution in [0.4, 0.5) is 5.95 Å². The molecule has 1 saturated heterocycles. The van der Waals surface area contributed by atoms with E-state index in [9.17, 15) is 0 Å². The number of aromatic nitrogens is 2. The molecule has 1 atom stereocenters. The minimum atomic E-state index is 0.749. The molecule has 0 N–H and O–H groups in total. The lowest BCUT2D eigenvalue weighted by Gasteiger charge is -2.18. The van der Waals surface area contributed by atoms with Gasteiger partial charge in [-0.2, -0.15) is 0 Å². The Hall–Kier alpha value is -1.16. The van der Waals surface area contributed by atoms with Gasteiger partial charge in [-0.1, -0.05) is 0 Å². The van der Waals surface area contributed by atoms with Gasteiger partial charge in [-0.05, 0) is 39.4 Å². The second-order valence-electron chi connectivity index (χ2n) is 4.86. The number of hydrogen-bond donors (Lipinski definition) is 0. The van der Waals surface area contributed by atoms with Crippen LogP contribution in [-0.4, -0.2) is 48.6 Å². The van der Waals surface area contributed by atoms with Gasteiger partial charge >= 0.3 is 0 Å². The lowest BCUT2D eigenvalue weighted by molar-refractivity contribution is 0.340. The Morgan fingerprint density at radius 2 is 2.31 bits per heavy atom. The zero-order valence-electron chi connectivity index (χ0n) is 10.3. The summed E-state index contributed by atoms with van der Waals surface area (Å²) in [7, 11) is 4.26. The molecule has 2 rings (SSSR count). The van der Waals surface area contributed by atoms with E-state index in [4.69, 9.17) is 0 Å². The molecule has 0 amide bonds. The standard InChI is InChI=1S/C12H20N4/c1-10-4-6-13-12(14-10)16-7-5-11(9-16)8-15(2)3/h4,6,11H,5,7-9H2,1-3H3. The normalized spacial score (nSPS) is 20.8. The van der Waals surface area contributed by atoms with Crippen molar-refractivity contribution in [3.05, 3.63) is 18.0 Å². The molecule has 1 fully saturated rings. The zero-order valence-corrected chi connectivity index (χ0v) is 10.3. The summed E-state index contributed by atoms with van der Waals surface area (Å²) in [6, 6.07) is 1.94. The first-order valence-electron chi connectivity index (χ1n) is 5.84. The molecule has 0 bridgehead atoms. The van der Waals surface area contributed by atoms with Gasteiger partial charge in [0.25, 0.3) is 0 Å². The van der Waals surface area contributed by atoms with Crippen molar-refractivity contribution in [2.24, 2.45) is 5.92 Å². The first kappa shape index (κ1) is 11.3. The maximum absolute atomic E-state index is 4.47. The molecule has 0 saturated carbocycles. The van der Waals surface area contributed by atoms with Crippen molar-refractivity contribution in [2.75, 3.05) is 38.6 Å². The smallest absolute Gasteiger partial charge is 0.225 e. The van der Waals surface area contributed by atoms with Crippen molar-refractivity contribution >= 4 is 5.95 Å². The Balaban J connectivity index is 1.98. The predicted molar refractivity (Wildman–Crippen MR) is 65.6 cm³/mol. The van der Waals surface area contributed by atoms with Gasteiger partial charge in [-0.25, -0.2) is 9.97 Å². The first-order valence-corrected chi connectivity index (χ1v) is 5.84. The van der Waals surface area contributed by atoms with Gasteiger partial charge in [-0.15, -0.1) is 0 Å². The summed E-state index contributed by atoms with van der Waals surface area (Å²) in [5, 5.41) is 0. The fourth-order valence-corrected chi connectivity index (χ4v) is 2.27. The first-order chi connectivity index (χ1) is 7.65. The predicted octanol–water partition coefficient (Wildman–Crippen LogP) is 1.17. The molecule has 1 aromatic rings. The lowest BCUT2D eigenvalue weighted by atomic mass is 10.1. The van der Waals surface area contributed by atoms with E-state index in [1.165, 1.54) is 6.42 Å². The molecule has 1 unspecified atom stereocenters. The van der Waals surface area contributed by atoms with E-state index in [0.717, 1.165) is 37.2 Å². The molecular formula is C12H20N4. The molecule has 2 heterocycles. The van der Waals surface area contributed by atoms with Crippen molar-refractivity contribution in [1.29, 1.82) is 0 Å². The third-order valence-electron chi connectivity index (χ3n) is 2.97. The summed E-state index contributed by atoms with van der Waals surface area (Å²) in [6.45, 7) is 5.34. The maximum atomic E-state index is 4.47. The van der Waals surface area contributed by atoms with E-state index in [2.05, 4.69) is 33.9 Å². The molecule has 0 aliphatic carbocycles. The van der Waals surface area contributed by atoms with Crippen LogP contribution >= 0.6 is 0 Å². The average molecular weight is 220 g/mol. The van der Waals surface area contributed by atoms with Crippen LogP contribution in [-0.2, 0) is 0 Å². The van der Waals surface area contributed by atoms with E-state index in [1.807, 2.05) is 19.2 Å². The van der Waals surface area contributed by atoms with Crippen LogP contribution in [0.1, 0.15) is 12.1 Å². The van der Waals surface area contributed by atoms with E-state index < -0.39 is 0 Å². The van der Waals surface area contributed by atoms with Gasteiger partial charge in [0.1, 0.15) is 0 Å². The van der Waals surface area contributed by atoms with E-state index in [1.54, 1.807) is 0 Å². The Morgan fingerprint density at radius 3 is 3.00 bits per heavy atom. The summed E-state index contributed by atoms with van der Waals surface area (Å²) in [5.74, 6) is 1.64. The molecule has 4 nitrogen and oxygen atoms in total. The molecule has 0 radical (unpaired) electrons. The van der Waals surface area contributed by atoms with Crippen LogP contribution in [0, 0.1) is 12.8 Å². The highest BCUT2D eigenvalue weighted by molar-refractivity contribution is 5.31. The Bertz CT molecular complexity index is 351. The van der Waals surface area contributed by atoms with Crippen LogP contribution in [0.15, 0.2) is 12.3 Å². The Labute approximate surface area is 97.3 Å². The molecule has 0 aromatic carbocycles. The summed E-state index contributed by atoms with van der Waals surface area (Å²) in [5.41, 5.74) is 1.04. The van der Waals surface area contributed by atoms with Gasteiger partial charge in [-0.3, -0.25) is 0 Å². The van der Waals surface area contributed by atoms with Crippen LogP contribution in [0.3, 0.4) is 0 Å². The number of hydrogen-bond acceptors (Lipinski definition) is 4. The number of anilines is 1. The summed E-state index contributed by atoms with van der Waals surface area (Å²) < 4.78 is 0. The van der Waals surface area contributed by atoms with Crippen LogP contribution < -0.4 is 4.90 Å². The van der Waals surface area contributed by atoms with Crippen LogP contribution in [0.25, 0.3) is 0 Å². The molecule has 1 aliphatic heterocycles. The van der Waals surface area contributed by atoms with Crippen LogP contribution in [0.5, 0.6) is 0 Å². The topological polar surface area (TPSA) is 32.3 Å². The summed E-state index contributed by atoms with van der Waals surface area (Å²) in [6.07, 6.45) is 3.09. The molecular weight excluding hydrogens is 200 g/mol. The summed E-state index contributed by atoms with van der Waals surface area (Å²) >= 11 is 0. The highest BCUT2D eigenvalue weighted by Gasteiger charge is 2.24. The number of aryl methyl sites for hydroxylation is 1. The van der Waals surface area contributed by atoms with Crippen LogP contribution in [0.2, 0.25) is 0 Å². The molecule has 4 heteroatoms. The third kappa shape index (κ3) is 2.70. The van der Waals surface area contributed by atoms with Gasteiger partial charge in [0.2, 0.25) is 5.95 Å². The largest absolute Gasteiger partial charge is 0.340 e. The molecule has 0 spiro atoms. The molecule has 1 aromatic heterocycles. The van der Waals surface area contributed by atoms with Crippen molar-refractivity contribution in [3.63, 3.8) is 0 Å². The second kappa shape index (κ2) is 4.78. The van der Waals surface area contributed by atoms with Crippen molar-refractivity contribution in [2.45, 2.75) is 13.3 Å². The minimum Gasteiger partial charge on any atom is -0.340 e. The number of rotatable bonds is 3. The van der Waals surface area contributed by atoms with Gasteiger partial charge < -0.3 is 9.80 Å². The van der Waals surface area contributed by atoms with Gasteiger partial charge in [0.15, 0.2) is 0 Å². The van der Waals surface area contributed by atoms with E-state index >= 15 is 0 Å². The molecule has 16 heavy (non-hydrogen) atoms. The van der Waals surface area contributed by atoms with Gasteiger partial charge in [0, 0.05) is 31.5 Å². The SMILES string of the molecule is Cc1ccnc(N2CCC(CN(C)C)C2)n1. The molecule has 88 valence electrons. The van der Waals surface area contributed by atoms with E-state index in [-0.39, 0.29) is 0 Å². The molecule has 1 aliphatic rings. The van der Waals surface area contributed by atoms with E-state index in [0.29, 0.717) is 0 Å². The number of nitrogens with zero attached hydrogens (tertiary/aromatic N) is 4. The summed E-state index contributed by atoms with van der Waals surface area (Å²) in [4.78, 5) is 13.4.